The van der Waals surface area contributed by atoms with E-state index >= 15 is 0 Å². The molecule has 1 aromatic rings. The number of unbranched alkanes of at least 4 members (excludes halogenated alkanes) is 1. The number of rotatable bonds is 24. The fraction of sp³-hybridized carbons (Fsp3) is 0.684. The molecule has 3 N–H and O–H groups in total. The second-order valence-electron chi connectivity index (χ2n) is 13.2. The summed E-state index contributed by atoms with van der Waals surface area (Å²) in [4.78, 5) is 24.8. The molecule has 0 bridgehead atoms. The molecule has 1 aromatic carbocycles. The Kier molecular flexibility index (Phi) is 19.0. The van der Waals surface area contributed by atoms with Crippen molar-refractivity contribution in [3.05, 3.63) is 59.9 Å². The van der Waals surface area contributed by atoms with Crippen LogP contribution in [0, 0.1) is 23.7 Å². The Morgan fingerprint density at radius 1 is 1.05 bits per heavy atom. The number of nitrogens with one attached hydrogen (secondary N) is 1. The summed E-state index contributed by atoms with van der Waals surface area (Å²) >= 11 is 0. The highest BCUT2D eigenvalue weighted by Gasteiger charge is 2.31. The molecule has 1 aliphatic carbocycles. The maximum atomic E-state index is 12.5. The van der Waals surface area contributed by atoms with Crippen LogP contribution in [0.5, 0.6) is 0 Å². The summed E-state index contributed by atoms with van der Waals surface area (Å²) < 4.78 is 6.19. The first-order valence-electron chi connectivity index (χ1n) is 17.3. The molecule has 5 unspecified atom stereocenters. The Hall–Kier alpha value is -2.44. The first kappa shape index (κ1) is 37.7. The monoisotopic (exact) mass is 611 g/mol. The quantitative estimate of drug-likeness (QED) is 0.0473. The largest absolute Gasteiger partial charge is 0.513 e. The zero-order chi connectivity index (χ0) is 32.2. The van der Waals surface area contributed by atoms with Gasteiger partial charge in [0.25, 0.3) is 0 Å². The van der Waals surface area contributed by atoms with E-state index in [1.165, 1.54) is 11.1 Å². The van der Waals surface area contributed by atoms with Gasteiger partial charge in [0, 0.05) is 38.0 Å². The van der Waals surface area contributed by atoms with Crippen LogP contribution in [0.15, 0.2) is 54.3 Å². The Morgan fingerprint density at radius 3 is 2.45 bits per heavy atom. The molecule has 1 aliphatic rings. The molecule has 0 aliphatic heterocycles. The molecular weight excluding hydrogens is 550 g/mol. The number of amides is 1. The maximum Gasteiger partial charge on any atom is 0.220 e. The van der Waals surface area contributed by atoms with Crippen LogP contribution >= 0.6 is 0 Å². The van der Waals surface area contributed by atoms with Gasteiger partial charge in [-0.3, -0.25) is 4.79 Å². The van der Waals surface area contributed by atoms with Crippen LogP contribution < -0.4 is 5.32 Å². The number of aryl methyl sites for hydroxylation is 1. The summed E-state index contributed by atoms with van der Waals surface area (Å²) in [7, 11) is 0. The number of hydrogen-bond acceptors (Lipinski definition) is 5. The van der Waals surface area contributed by atoms with Crippen LogP contribution in [0.4, 0.5) is 0 Å². The molecule has 0 heterocycles. The highest BCUT2D eigenvalue weighted by Crippen LogP contribution is 2.39. The molecule has 2 rings (SSSR count). The lowest BCUT2D eigenvalue weighted by Crippen LogP contribution is -2.31. The molecule has 6 nitrogen and oxygen atoms in total. The Labute approximate surface area is 267 Å². The minimum absolute atomic E-state index is 0.0329. The average molecular weight is 612 g/mol. The third kappa shape index (κ3) is 15.5. The molecule has 0 saturated heterocycles. The number of carbonyl (C=O) groups is 2. The van der Waals surface area contributed by atoms with Gasteiger partial charge >= 0.3 is 0 Å². The number of allylic oxidation sites excluding steroid dienone is 3. The molecular formula is C38H61NO5. The molecule has 0 fully saturated rings. The summed E-state index contributed by atoms with van der Waals surface area (Å²) in [6.07, 6.45) is 17.0. The van der Waals surface area contributed by atoms with Gasteiger partial charge in [-0.1, -0.05) is 61.4 Å². The van der Waals surface area contributed by atoms with Crippen molar-refractivity contribution in [2.45, 2.75) is 129 Å². The second-order valence-corrected chi connectivity index (χ2v) is 13.2. The summed E-state index contributed by atoms with van der Waals surface area (Å²) in [6, 6.07) is 10.8. The predicted molar refractivity (Wildman–Crippen MR) is 180 cm³/mol. The lowest BCUT2D eigenvalue weighted by Gasteiger charge is -2.34. The zero-order valence-corrected chi connectivity index (χ0v) is 27.9. The first-order chi connectivity index (χ1) is 21.2. The minimum Gasteiger partial charge on any atom is -0.513 e. The average Bonchev–Trinajstić information content (AvgIpc) is 2.99. The van der Waals surface area contributed by atoms with Crippen LogP contribution in [0.2, 0.25) is 0 Å². The van der Waals surface area contributed by atoms with Crippen molar-refractivity contribution in [2.75, 3.05) is 13.2 Å². The molecule has 248 valence electrons. The van der Waals surface area contributed by atoms with Crippen LogP contribution in [0.25, 0.3) is 0 Å². The van der Waals surface area contributed by atoms with Gasteiger partial charge in [0.1, 0.15) is 6.29 Å². The molecule has 0 saturated carbocycles. The zero-order valence-electron chi connectivity index (χ0n) is 27.9. The van der Waals surface area contributed by atoms with E-state index in [0.717, 1.165) is 89.8 Å². The highest BCUT2D eigenvalue weighted by molar-refractivity contribution is 5.76. The van der Waals surface area contributed by atoms with E-state index < -0.39 is 0 Å². The third-order valence-electron chi connectivity index (χ3n) is 9.12. The van der Waals surface area contributed by atoms with Crippen molar-refractivity contribution in [1.82, 2.24) is 5.32 Å². The molecule has 0 spiro atoms. The van der Waals surface area contributed by atoms with Crippen molar-refractivity contribution in [3.63, 3.8) is 0 Å². The SMILES string of the molecule is C=C(O)CCCC(CCCC(CCC1=CC(CCc2ccccc2)C(CCCCO)CC1C=O)OCC)CC(=O)NC(C)C. The smallest absolute Gasteiger partial charge is 0.220 e. The number of ether oxygens (including phenoxy) is 1. The number of aliphatic hydroxyl groups excluding tert-OH is 2. The maximum absolute atomic E-state index is 12.5. The number of aldehydes is 1. The van der Waals surface area contributed by atoms with E-state index in [4.69, 9.17) is 4.74 Å². The Balaban J connectivity index is 2.02. The van der Waals surface area contributed by atoms with Crippen molar-refractivity contribution in [3.8, 4) is 0 Å². The second kappa shape index (κ2) is 22.1. The van der Waals surface area contributed by atoms with Crippen LogP contribution in [-0.2, 0) is 20.7 Å². The normalized spacial score (nSPS) is 19.8. The number of benzene rings is 1. The van der Waals surface area contributed by atoms with Crippen LogP contribution in [-0.4, -0.2) is 47.8 Å². The fourth-order valence-electron chi connectivity index (χ4n) is 6.84. The van der Waals surface area contributed by atoms with E-state index in [9.17, 15) is 19.8 Å². The summed E-state index contributed by atoms with van der Waals surface area (Å²) in [5.41, 5.74) is 2.63. The first-order valence-corrected chi connectivity index (χ1v) is 17.3. The number of hydrogen-bond donors (Lipinski definition) is 3. The summed E-state index contributed by atoms with van der Waals surface area (Å²) in [5, 5.41) is 21.9. The lowest BCUT2D eigenvalue weighted by atomic mass is 9.70. The van der Waals surface area contributed by atoms with Gasteiger partial charge < -0.3 is 25.1 Å². The summed E-state index contributed by atoms with van der Waals surface area (Å²) in [6.45, 7) is 10.5. The molecule has 1 amide bonds. The summed E-state index contributed by atoms with van der Waals surface area (Å²) in [5.74, 6) is 1.45. The van der Waals surface area contributed by atoms with E-state index in [2.05, 4.69) is 48.3 Å². The van der Waals surface area contributed by atoms with E-state index in [1.807, 2.05) is 20.8 Å². The van der Waals surface area contributed by atoms with Gasteiger partial charge in [0.05, 0.1) is 11.9 Å². The number of aliphatic hydroxyl groups is 2. The molecule has 0 radical (unpaired) electrons. The molecule has 6 heteroatoms. The third-order valence-corrected chi connectivity index (χ3v) is 9.12. The van der Waals surface area contributed by atoms with Gasteiger partial charge in [0.15, 0.2) is 0 Å². The van der Waals surface area contributed by atoms with Crippen LogP contribution in [0.1, 0.15) is 116 Å². The van der Waals surface area contributed by atoms with Crippen molar-refractivity contribution in [1.29, 1.82) is 0 Å². The Bertz CT molecular complexity index is 975. The fourth-order valence-corrected chi connectivity index (χ4v) is 6.84. The van der Waals surface area contributed by atoms with E-state index in [1.54, 1.807) is 0 Å². The van der Waals surface area contributed by atoms with Crippen molar-refractivity contribution >= 4 is 12.2 Å². The van der Waals surface area contributed by atoms with E-state index in [0.29, 0.717) is 31.3 Å². The standard InChI is InChI=1S/C38H61NO5/c1-5-44-37(19-12-17-32(16-11-13-30(4)42)25-38(43)39-29(2)3)23-22-35-26-34(21-20-31-14-7-6-8-15-31)33(18-9-10-24-40)27-36(35)28-41/h6-8,14-15,26,28-29,32-34,36-37,40,42H,4-5,9-13,16-25,27H2,1-3H3,(H,39,43). The van der Waals surface area contributed by atoms with Gasteiger partial charge in [-0.05, 0) is 115 Å². The van der Waals surface area contributed by atoms with E-state index in [-0.39, 0.29) is 42.3 Å². The minimum atomic E-state index is -0.0329. The van der Waals surface area contributed by atoms with Crippen molar-refractivity contribution in [2.24, 2.45) is 23.7 Å². The molecule has 0 aromatic heterocycles. The topological polar surface area (TPSA) is 95.9 Å². The Morgan fingerprint density at radius 2 is 1.80 bits per heavy atom. The lowest BCUT2D eigenvalue weighted by molar-refractivity contribution is -0.122. The van der Waals surface area contributed by atoms with Gasteiger partial charge in [-0.15, -0.1) is 0 Å². The number of carbonyl (C=O) groups excluding carboxylic acids is 2. The van der Waals surface area contributed by atoms with Crippen LogP contribution in [0.3, 0.4) is 0 Å². The molecule has 5 atom stereocenters. The van der Waals surface area contributed by atoms with Gasteiger partial charge in [0.2, 0.25) is 5.91 Å². The predicted octanol–water partition coefficient (Wildman–Crippen LogP) is 8.29. The van der Waals surface area contributed by atoms with Gasteiger partial charge in [-0.25, -0.2) is 0 Å². The van der Waals surface area contributed by atoms with Crippen molar-refractivity contribution < 1.29 is 24.5 Å². The van der Waals surface area contributed by atoms with Gasteiger partial charge in [-0.2, -0.15) is 0 Å². The highest BCUT2D eigenvalue weighted by atomic mass is 16.5. The molecule has 44 heavy (non-hydrogen) atoms.